The van der Waals surface area contributed by atoms with Gasteiger partial charge in [-0.25, -0.2) is 14.7 Å². The van der Waals surface area contributed by atoms with Gasteiger partial charge in [-0.2, -0.15) is 8.42 Å². The molecule has 0 spiro atoms. The van der Waals surface area contributed by atoms with Crippen molar-refractivity contribution in [2.24, 2.45) is 5.14 Å². The van der Waals surface area contributed by atoms with Gasteiger partial charge in [-0.15, -0.1) is 0 Å². The lowest BCUT2D eigenvalue weighted by Crippen LogP contribution is -2.36. The molecule has 11 heteroatoms. The van der Waals surface area contributed by atoms with Gasteiger partial charge in [0.15, 0.2) is 0 Å². The van der Waals surface area contributed by atoms with Crippen molar-refractivity contribution >= 4 is 38.8 Å². The minimum absolute atomic E-state index is 0.0240. The van der Waals surface area contributed by atoms with Crippen LogP contribution in [0, 0.1) is 0 Å². The normalized spacial score (nSPS) is 15.1. The Morgan fingerprint density at radius 2 is 1.86 bits per heavy atom. The Morgan fingerprint density at radius 1 is 1.11 bits per heavy atom. The number of nitrogens with two attached hydrogens (primary N) is 1. The van der Waals surface area contributed by atoms with E-state index in [1.54, 1.807) is 10.8 Å². The number of hydrogen-bond donors (Lipinski definition) is 4. The molecule has 1 atom stereocenters. The number of fused-ring (bicyclic) bond motifs is 1. The van der Waals surface area contributed by atoms with Gasteiger partial charge in [0.1, 0.15) is 11.9 Å². The number of carbonyl (C=O) groups excluding carboxylic acids is 2. The molecule has 1 aromatic heterocycles. The fraction of sp³-hybridized carbons (Fsp3) is 0.333. The van der Waals surface area contributed by atoms with E-state index in [1.807, 2.05) is 31.3 Å². The summed E-state index contributed by atoms with van der Waals surface area (Å²) >= 11 is 0. The number of aromatic nitrogens is 1. The number of ether oxygens (including phenoxy) is 2. The molecule has 1 aliphatic rings. The first-order valence-corrected chi connectivity index (χ1v) is 12.8. The molecule has 0 radical (unpaired) electrons. The van der Waals surface area contributed by atoms with Crippen LogP contribution in [-0.4, -0.2) is 38.6 Å². The summed E-state index contributed by atoms with van der Waals surface area (Å²) < 4.78 is 35.1. The molecule has 10 nitrogen and oxygen atoms in total. The smallest absolute Gasteiger partial charge is 0.411 e. The molecule has 0 aliphatic heterocycles. The summed E-state index contributed by atoms with van der Waals surface area (Å²) in [5, 5.41) is 8.62. The fourth-order valence-corrected chi connectivity index (χ4v) is 4.83. The van der Waals surface area contributed by atoms with Gasteiger partial charge in [-0.1, -0.05) is 13.0 Å². The zero-order valence-corrected chi connectivity index (χ0v) is 20.3. The monoisotopic (exact) mass is 500 g/mol. The van der Waals surface area contributed by atoms with E-state index in [1.165, 1.54) is 19.2 Å². The van der Waals surface area contributed by atoms with E-state index in [4.69, 9.17) is 14.6 Å². The number of carbonyl (C=O) groups is 2. The molecular formula is C24H28N4O6S. The van der Waals surface area contributed by atoms with Gasteiger partial charge >= 0.3 is 6.09 Å². The van der Waals surface area contributed by atoms with Gasteiger partial charge in [-0.3, -0.25) is 10.1 Å². The van der Waals surface area contributed by atoms with Gasteiger partial charge in [0.05, 0.1) is 7.11 Å². The maximum Gasteiger partial charge on any atom is 0.411 e. The lowest BCUT2D eigenvalue weighted by Gasteiger charge is -2.17. The van der Waals surface area contributed by atoms with Gasteiger partial charge in [-0.05, 0) is 61.6 Å². The van der Waals surface area contributed by atoms with Crippen molar-refractivity contribution in [3.05, 3.63) is 59.3 Å². The lowest BCUT2D eigenvalue weighted by molar-refractivity contribution is 0.0980. The van der Waals surface area contributed by atoms with Crippen LogP contribution in [0.25, 0.3) is 10.9 Å². The molecular weight excluding hydrogens is 472 g/mol. The van der Waals surface area contributed by atoms with E-state index in [9.17, 15) is 18.0 Å². The Morgan fingerprint density at radius 3 is 2.54 bits per heavy atom. The van der Waals surface area contributed by atoms with E-state index in [0.717, 1.165) is 47.7 Å². The zero-order chi connectivity index (χ0) is 25.2. The minimum atomic E-state index is -4.18. The third kappa shape index (κ3) is 5.75. The summed E-state index contributed by atoms with van der Waals surface area (Å²) in [4.78, 5) is 27.7. The number of benzene rings is 2. The van der Waals surface area contributed by atoms with E-state index in [0.29, 0.717) is 11.4 Å². The van der Waals surface area contributed by atoms with Crippen molar-refractivity contribution in [3.63, 3.8) is 0 Å². The third-order valence-corrected chi connectivity index (χ3v) is 6.67. The SMILES string of the molecule is COc1cc(C(=O)NS(N)(=O)=O)ccc1C(C)c1c[nH]c2ccc(NC(=O)OC3CCCC3)cc12. The standard InChI is InChI=1S/C24H28N4O6S/c1-14(18-9-7-15(11-22(18)33-2)23(29)28-35(25,31)32)20-13-26-21-10-8-16(12-19(20)21)27-24(30)34-17-5-3-4-6-17/h7-14,17,26H,3-6H2,1-2H3,(H,27,30)(H,28,29)(H2,25,31,32). The molecule has 1 aliphatic carbocycles. The molecule has 1 saturated carbocycles. The number of aromatic amines is 1. The summed E-state index contributed by atoms with van der Waals surface area (Å²) in [5.74, 6) is -0.588. The van der Waals surface area contributed by atoms with Gasteiger partial charge in [0.2, 0.25) is 0 Å². The quantitative estimate of drug-likeness (QED) is 0.388. The molecule has 3 aromatic rings. The molecule has 1 unspecified atom stereocenters. The summed E-state index contributed by atoms with van der Waals surface area (Å²) in [5.41, 5.74) is 3.35. The second-order valence-corrected chi connectivity index (χ2v) is 9.89. The number of anilines is 1. The highest BCUT2D eigenvalue weighted by atomic mass is 32.2. The van der Waals surface area contributed by atoms with Crippen LogP contribution in [-0.2, 0) is 14.9 Å². The molecule has 2 aromatic carbocycles. The summed E-state index contributed by atoms with van der Waals surface area (Å²) in [6.07, 6.45) is 5.36. The number of hydrogen-bond acceptors (Lipinski definition) is 6. The highest BCUT2D eigenvalue weighted by Crippen LogP contribution is 2.36. The largest absolute Gasteiger partial charge is 0.496 e. The molecule has 4 rings (SSSR count). The predicted octanol–water partition coefficient (Wildman–Crippen LogP) is 3.75. The Labute approximate surface area is 203 Å². The second kappa shape index (κ2) is 9.96. The maximum atomic E-state index is 12.3. The van der Waals surface area contributed by atoms with Gasteiger partial charge in [0.25, 0.3) is 16.1 Å². The molecule has 2 amide bonds. The van der Waals surface area contributed by atoms with Crippen LogP contribution in [0.2, 0.25) is 0 Å². The lowest BCUT2D eigenvalue weighted by atomic mass is 9.91. The van der Waals surface area contributed by atoms with Crippen molar-refractivity contribution in [1.29, 1.82) is 0 Å². The van der Waals surface area contributed by atoms with Crippen molar-refractivity contribution < 1.29 is 27.5 Å². The van der Waals surface area contributed by atoms with Crippen molar-refractivity contribution in [2.75, 3.05) is 12.4 Å². The Balaban J connectivity index is 1.58. The topological polar surface area (TPSA) is 153 Å². The number of H-pyrrole nitrogens is 1. The first kappa shape index (κ1) is 24.6. The fourth-order valence-electron chi connectivity index (χ4n) is 4.45. The molecule has 1 heterocycles. The number of methoxy groups -OCH3 is 1. The third-order valence-electron chi connectivity index (χ3n) is 6.20. The summed E-state index contributed by atoms with van der Waals surface area (Å²) in [6, 6.07) is 10.3. The van der Waals surface area contributed by atoms with E-state index >= 15 is 0 Å². The number of amides is 2. The number of rotatable bonds is 7. The van der Waals surface area contributed by atoms with Crippen LogP contribution in [0.5, 0.6) is 5.75 Å². The highest BCUT2D eigenvalue weighted by molar-refractivity contribution is 7.87. The summed E-state index contributed by atoms with van der Waals surface area (Å²) in [6.45, 7) is 1.99. The minimum Gasteiger partial charge on any atom is -0.496 e. The zero-order valence-electron chi connectivity index (χ0n) is 19.5. The van der Waals surface area contributed by atoms with Crippen LogP contribution < -0.4 is 19.9 Å². The Bertz CT molecular complexity index is 1360. The van der Waals surface area contributed by atoms with Crippen molar-refractivity contribution in [2.45, 2.75) is 44.6 Å². The maximum absolute atomic E-state index is 12.3. The van der Waals surface area contributed by atoms with Crippen LogP contribution in [0.1, 0.15) is 60.0 Å². The first-order chi connectivity index (χ1) is 16.6. The predicted molar refractivity (Wildman–Crippen MR) is 132 cm³/mol. The van der Waals surface area contributed by atoms with E-state index in [2.05, 4.69) is 10.3 Å². The number of nitrogens with one attached hydrogen (secondary N) is 3. The Kier molecular flexibility index (Phi) is 6.99. The Hall–Kier alpha value is -3.57. The molecule has 0 saturated heterocycles. The van der Waals surface area contributed by atoms with Crippen LogP contribution in [0.3, 0.4) is 0 Å². The average molecular weight is 501 g/mol. The van der Waals surface area contributed by atoms with Gasteiger partial charge in [0, 0.05) is 39.8 Å². The van der Waals surface area contributed by atoms with Crippen LogP contribution in [0.15, 0.2) is 42.6 Å². The molecule has 5 N–H and O–H groups in total. The van der Waals surface area contributed by atoms with Crippen LogP contribution >= 0.6 is 0 Å². The molecule has 35 heavy (non-hydrogen) atoms. The van der Waals surface area contributed by atoms with Crippen LogP contribution in [0.4, 0.5) is 10.5 Å². The van der Waals surface area contributed by atoms with Gasteiger partial charge < -0.3 is 14.5 Å². The summed E-state index contributed by atoms with van der Waals surface area (Å²) in [7, 11) is -2.71. The van der Waals surface area contributed by atoms with Crippen molar-refractivity contribution in [1.82, 2.24) is 9.71 Å². The molecule has 1 fully saturated rings. The highest BCUT2D eigenvalue weighted by Gasteiger charge is 2.22. The first-order valence-electron chi connectivity index (χ1n) is 11.3. The molecule has 186 valence electrons. The van der Waals surface area contributed by atoms with Crippen molar-refractivity contribution in [3.8, 4) is 5.75 Å². The molecule has 0 bridgehead atoms. The van der Waals surface area contributed by atoms with E-state index < -0.39 is 22.2 Å². The second-order valence-electron chi connectivity index (χ2n) is 8.60. The average Bonchev–Trinajstić information content (AvgIpc) is 3.46. The van der Waals surface area contributed by atoms with E-state index in [-0.39, 0.29) is 17.6 Å².